The third kappa shape index (κ3) is 5.82. The zero-order valence-corrected chi connectivity index (χ0v) is 9.85. The summed E-state index contributed by atoms with van der Waals surface area (Å²) in [6.45, 7) is 5.38. The van der Waals surface area contributed by atoms with Crippen molar-refractivity contribution in [1.29, 1.82) is 0 Å². The molecule has 0 atom stereocenters. The molecule has 0 aliphatic carbocycles. The lowest BCUT2D eigenvalue weighted by atomic mass is 10.3. The molecule has 15 heavy (non-hydrogen) atoms. The number of unbranched alkanes of at least 4 members (excludes halogenated alkanes) is 1. The van der Waals surface area contributed by atoms with Crippen molar-refractivity contribution in [3.63, 3.8) is 0 Å². The Balaban J connectivity index is 1.93. The van der Waals surface area contributed by atoms with Gasteiger partial charge in [0.25, 0.3) is 0 Å². The molecule has 1 heterocycles. The van der Waals surface area contributed by atoms with Gasteiger partial charge < -0.3 is 14.5 Å². The smallest absolute Gasteiger partial charge is 0.193 e. The van der Waals surface area contributed by atoms with Gasteiger partial charge in [0, 0.05) is 13.2 Å². The van der Waals surface area contributed by atoms with E-state index < -0.39 is 0 Å². The maximum atomic E-state index is 5.65. The number of furan rings is 1. The fraction of sp³-hybridized carbons (Fsp3) is 0.636. The minimum absolute atomic E-state index is 0.447. The maximum absolute atomic E-state index is 5.65. The van der Waals surface area contributed by atoms with Crippen LogP contribution >= 0.6 is 11.6 Å². The maximum Gasteiger partial charge on any atom is 0.193 e. The summed E-state index contributed by atoms with van der Waals surface area (Å²) in [6.07, 6.45) is 2.22. The van der Waals surface area contributed by atoms with Crippen molar-refractivity contribution in [3.05, 3.63) is 23.1 Å². The highest BCUT2D eigenvalue weighted by atomic mass is 35.5. The summed E-state index contributed by atoms with van der Waals surface area (Å²) in [4.78, 5) is 0. The zero-order chi connectivity index (χ0) is 10.9. The van der Waals surface area contributed by atoms with Gasteiger partial charge in [-0.05, 0) is 50.0 Å². The van der Waals surface area contributed by atoms with E-state index >= 15 is 0 Å². The highest BCUT2D eigenvalue weighted by molar-refractivity contribution is 6.28. The topological polar surface area (TPSA) is 34.4 Å². The molecule has 0 amide bonds. The van der Waals surface area contributed by atoms with Crippen LogP contribution in [0.25, 0.3) is 0 Å². The van der Waals surface area contributed by atoms with Crippen LogP contribution in [0, 0.1) is 0 Å². The van der Waals surface area contributed by atoms with Crippen molar-refractivity contribution < 1.29 is 9.15 Å². The van der Waals surface area contributed by atoms with Crippen LogP contribution in [-0.2, 0) is 11.3 Å². The van der Waals surface area contributed by atoms with Crippen molar-refractivity contribution in [1.82, 2.24) is 5.32 Å². The molecule has 0 saturated heterocycles. The second kappa shape index (κ2) is 7.74. The quantitative estimate of drug-likeness (QED) is 0.699. The molecule has 4 heteroatoms. The van der Waals surface area contributed by atoms with E-state index in [-0.39, 0.29) is 0 Å². The summed E-state index contributed by atoms with van der Waals surface area (Å²) < 4.78 is 10.4. The molecular weight excluding hydrogens is 214 g/mol. The molecular formula is C11H18ClNO2. The molecule has 0 aliphatic rings. The van der Waals surface area contributed by atoms with Gasteiger partial charge in [-0.1, -0.05) is 0 Å². The molecule has 3 nitrogen and oxygen atoms in total. The van der Waals surface area contributed by atoms with Crippen molar-refractivity contribution in [2.45, 2.75) is 26.3 Å². The molecule has 1 rings (SSSR count). The number of ether oxygens (including phenoxy) is 1. The summed E-state index contributed by atoms with van der Waals surface area (Å²) in [5, 5.41) is 3.73. The molecule has 0 radical (unpaired) electrons. The number of hydrogen-bond acceptors (Lipinski definition) is 3. The van der Waals surface area contributed by atoms with E-state index in [2.05, 4.69) is 5.32 Å². The van der Waals surface area contributed by atoms with E-state index in [0.29, 0.717) is 5.22 Å². The minimum atomic E-state index is 0.447. The molecule has 1 N–H and O–H groups in total. The Morgan fingerprint density at radius 2 is 2.27 bits per heavy atom. The van der Waals surface area contributed by atoms with Crippen LogP contribution in [0.15, 0.2) is 16.5 Å². The van der Waals surface area contributed by atoms with E-state index in [1.165, 1.54) is 0 Å². The summed E-state index contributed by atoms with van der Waals surface area (Å²) in [6, 6.07) is 3.64. The Morgan fingerprint density at radius 3 is 2.93 bits per heavy atom. The second-order valence-electron chi connectivity index (χ2n) is 3.29. The standard InChI is InChI=1S/C11H18ClNO2/c1-2-14-8-4-3-7-13-9-10-5-6-11(12)15-10/h5-6,13H,2-4,7-9H2,1H3. The van der Waals surface area contributed by atoms with Crippen molar-refractivity contribution >= 4 is 11.6 Å². The number of hydrogen-bond donors (Lipinski definition) is 1. The Labute approximate surface area is 95.7 Å². The highest BCUT2D eigenvalue weighted by Gasteiger charge is 1.98. The first kappa shape index (κ1) is 12.6. The van der Waals surface area contributed by atoms with Crippen molar-refractivity contribution in [2.24, 2.45) is 0 Å². The largest absolute Gasteiger partial charge is 0.448 e. The molecule has 1 aromatic rings. The van der Waals surface area contributed by atoms with Gasteiger partial charge in [-0.15, -0.1) is 0 Å². The number of nitrogens with one attached hydrogen (secondary N) is 1. The summed E-state index contributed by atoms with van der Waals surface area (Å²) >= 11 is 5.65. The first-order chi connectivity index (χ1) is 7.33. The Bertz CT molecular complexity index is 263. The Kier molecular flexibility index (Phi) is 6.48. The van der Waals surface area contributed by atoms with Gasteiger partial charge in [-0.3, -0.25) is 0 Å². The average Bonchev–Trinajstić information content (AvgIpc) is 2.63. The van der Waals surface area contributed by atoms with Crippen LogP contribution in [-0.4, -0.2) is 19.8 Å². The average molecular weight is 232 g/mol. The van der Waals surface area contributed by atoms with Crippen molar-refractivity contribution in [2.75, 3.05) is 19.8 Å². The van der Waals surface area contributed by atoms with E-state index in [1.807, 2.05) is 13.0 Å². The zero-order valence-electron chi connectivity index (χ0n) is 9.09. The van der Waals surface area contributed by atoms with Gasteiger partial charge >= 0.3 is 0 Å². The van der Waals surface area contributed by atoms with Crippen LogP contribution in [0.4, 0.5) is 0 Å². The van der Waals surface area contributed by atoms with E-state index in [9.17, 15) is 0 Å². The van der Waals surface area contributed by atoms with E-state index in [4.69, 9.17) is 20.8 Å². The molecule has 1 aromatic heterocycles. The van der Waals surface area contributed by atoms with E-state index in [1.54, 1.807) is 6.07 Å². The normalized spacial score (nSPS) is 10.8. The Morgan fingerprint density at radius 1 is 1.40 bits per heavy atom. The predicted molar refractivity (Wildman–Crippen MR) is 61.2 cm³/mol. The van der Waals surface area contributed by atoms with Gasteiger partial charge in [0.1, 0.15) is 5.76 Å². The molecule has 0 aliphatic heterocycles. The predicted octanol–water partition coefficient (Wildman–Crippen LogP) is 2.84. The first-order valence-electron chi connectivity index (χ1n) is 5.35. The second-order valence-corrected chi connectivity index (χ2v) is 3.66. The fourth-order valence-electron chi connectivity index (χ4n) is 1.26. The molecule has 0 aromatic carbocycles. The summed E-state index contributed by atoms with van der Waals surface area (Å²) in [5.41, 5.74) is 0. The van der Waals surface area contributed by atoms with E-state index in [0.717, 1.165) is 44.9 Å². The number of halogens is 1. The molecule has 86 valence electrons. The lowest BCUT2D eigenvalue weighted by molar-refractivity contribution is 0.143. The first-order valence-corrected chi connectivity index (χ1v) is 5.73. The molecule has 0 unspecified atom stereocenters. The lowest BCUT2D eigenvalue weighted by Crippen LogP contribution is -2.14. The van der Waals surface area contributed by atoms with Crippen LogP contribution in [0.2, 0.25) is 5.22 Å². The molecule has 0 bridgehead atoms. The van der Waals surface area contributed by atoms with Gasteiger partial charge in [-0.25, -0.2) is 0 Å². The third-order valence-corrected chi connectivity index (χ3v) is 2.23. The van der Waals surface area contributed by atoms with Gasteiger partial charge in [0.2, 0.25) is 0 Å². The van der Waals surface area contributed by atoms with Gasteiger partial charge in [0.15, 0.2) is 5.22 Å². The minimum Gasteiger partial charge on any atom is -0.448 e. The van der Waals surface area contributed by atoms with Crippen LogP contribution in [0.5, 0.6) is 0 Å². The van der Waals surface area contributed by atoms with Crippen LogP contribution in [0.1, 0.15) is 25.5 Å². The lowest BCUT2D eigenvalue weighted by Gasteiger charge is -2.02. The monoisotopic (exact) mass is 231 g/mol. The van der Waals surface area contributed by atoms with Crippen molar-refractivity contribution in [3.8, 4) is 0 Å². The SMILES string of the molecule is CCOCCCCNCc1ccc(Cl)o1. The summed E-state index contributed by atoms with van der Waals surface area (Å²) in [7, 11) is 0. The third-order valence-electron chi connectivity index (χ3n) is 2.02. The molecule has 0 fully saturated rings. The molecule has 0 spiro atoms. The van der Waals surface area contributed by atoms with Gasteiger partial charge in [0.05, 0.1) is 6.54 Å². The van der Waals surface area contributed by atoms with Crippen LogP contribution < -0.4 is 5.32 Å². The highest BCUT2D eigenvalue weighted by Crippen LogP contribution is 2.12. The summed E-state index contributed by atoms with van der Waals surface area (Å²) in [5.74, 6) is 0.879. The number of rotatable bonds is 8. The molecule has 0 saturated carbocycles. The Hall–Kier alpha value is -0.510. The van der Waals surface area contributed by atoms with Gasteiger partial charge in [-0.2, -0.15) is 0 Å². The fourth-order valence-corrected chi connectivity index (χ4v) is 1.42. The van der Waals surface area contributed by atoms with Crippen LogP contribution in [0.3, 0.4) is 0 Å².